The fourth-order valence-corrected chi connectivity index (χ4v) is 2.69. The van der Waals surface area contributed by atoms with Crippen LogP contribution < -0.4 is 14.9 Å². The van der Waals surface area contributed by atoms with Crippen molar-refractivity contribution in [3.8, 4) is 11.5 Å². The molecule has 0 unspecified atom stereocenters. The van der Waals surface area contributed by atoms with Crippen LogP contribution in [-0.2, 0) is 4.79 Å². The van der Waals surface area contributed by atoms with Crippen molar-refractivity contribution >= 4 is 46.3 Å². The van der Waals surface area contributed by atoms with Crippen molar-refractivity contribution in [1.29, 1.82) is 0 Å². The zero-order valence-electron chi connectivity index (χ0n) is 14.5. The van der Waals surface area contributed by atoms with E-state index in [0.29, 0.717) is 16.5 Å². The smallest absolute Gasteiger partial charge is 0.277 e. The number of halogens is 2. The van der Waals surface area contributed by atoms with Gasteiger partial charge in [0.05, 0.1) is 20.9 Å². The van der Waals surface area contributed by atoms with Gasteiger partial charge in [-0.1, -0.05) is 30.7 Å². The number of carbonyl (C=O) groups excluding carboxylic acids is 1. The number of hydrazone groups is 1. The number of para-hydroxylation sites is 1. The van der Waals surface area contributed by atoms with Crippen molar-refractivity contribution in [3.63, 3.8) is 0 Å². The van der Waals surface area contributed by atoms with Crippen molar-refractivity contribution in [2.45, 2.75) is 26.4 Å². The van der Waals surface area contributed by atoms with Gasteiger partial charge < -0.3 is 9.47 Å². The third-order valence-corrected chi connectivity index (χ3v) is 4.64. The SMILES string of the molecule is CC[C@H](C)Oc1ccc(/C=N/NC(=O)COc2ccccc2I)cc1Cl. The average Bonchev–Trinajstić information content (AvgIpc) is 2.63. The summed E-state index contributed by atoms with van der Waals surface area (Å²) in [7, 11) is 0. The van der Waals surface area contributed by atoms with Crippen molar-refractivity contribution in [2.24, 2.45) is 5.10 Å². The Morgan fingerprint density at radius 3 is 2.77 bits per heavy atom. The van der Waals surface area contributed by atoms with Crippen LogP contribution in [0.5, 0.6) is 11.5 Å². The molecule has 0 spiro atoms. The molecule has 0 aromatic heterocycles. The molecule has 0 saturated carbocycles. The first kappa shape index (κ1) is 20.5. The third-order valence-electron chi connectivity index (χ3n) is 3.46. The minimum atomic E-state index is -0.344. The second-order valence-corrected chi connectivity index (χ2v) is 7.11. The summed E-state index contributed by atoms with van der Waals surface area (Å²) in [5.74, 6) is 0.952. The minimum absolute atomic E-state index is 0.0963. The van der Waals surface area contributed by atoms with Crippen LogP contribution in [-0.4, -0.2) is 24.8 Å². The van der Waals surface area contributed by atoms with Gasteiger partial charge in [-0.15, -0.1) is 0 Å². The maximum atomic E-state index is 11.8. The zero-order chi connectivity index (χ0) is 18.9. The molecular weight excluding hydrogens is 467 g/mol. The number of hydrogen-bond donors (Lipinski definition) is 1. The first-order valence-corrected chi connectivity index (χ1v) is 9.60. The van der Waals surface area contributed by atoms with Gasteiger partial charge in [0, 0.05) is 0 Å². The molecule has 2 aromatic rings. The maximum Gasteiger partial charge on any atom is 0.277 e. The summed E-state index contributed by atoms with van der Waals surface area (Å²) in [5, 5.41) is 4.42. The van der Waals surface area contributed by atoms with Crippen LogP contribution in [0.1, 0.15) is 25.8 Å². The zero-order valence-corrected chi connectivity index (χ0v) is 17.5. The number of ether oxygens (including phenoxy) is 2. The molecule has 0 aliphatic carbocycles. The van der Waals surface area contributed by atoms with Gasteiger partial charge in [0.1, 0.15) is 11.5 Å². The van der Waals surface area contributed by atoms with Crippen molar-refractivity contribution < 1.29 is 14.3 Å². The number of benzene rings is 2. The molecule has 2 aromatic carbocycles. The highest BCUT2D eigenvalue weighted by atomic mass is 127. The normalized spacial score (nSPS) is 12.0. The first-order chi connectivity index (χ1) is 12.5. The lowest BCUT2D eigenvalue weighted by atomic mass is 10.2. The van der Waals surface area contributed by atoms with Crippen molar-refractivity contribution in [3.05, 3.63) is 56.6 Å². The molecule has 0 fully saturated rings. The van der Waals surface area contributed by atoms with Gasteiger partial charge in [0.25, 0.3) is 5.91 Å². The Balaban J connectivity index is 1.85. The summed E-state index contributed by atoms with van der Waals surface area (Å²) in [5.41, 5.74) is 3.18. The lowest BCUT2D eigenvalue weighted by Crippen LogP contribution is -2.24. The van der Waals surface area contributed by atoms with Crippen molar-refractivity contribution in [1.82, 2.24) is 5.43 Å². The number of hydrogen-bond acceptors (Lipinski definition) is 4. The molecule has 0 heterocycles. The van der Waals surface area contributed by atoms with E-state index in [1.807, 2.05) is 44.2 Å². The van der Waals surface area contributed by atoms with E-state index in [0.717, 1.165) is 15.6 Å². The maximum absolute atomic E-state index is 11.8. The molecule has 1 N–H and O–H groups in total. The van der Waals surface area contributed by atoms with E-state index < -0.39 is 0 Å². The Labute approximate surface area is 171 Å². The van der Waals surface area contributed by atoms with Crippen molar-refractivity contribution in [2.75, 3.05) is 6.61 Å². The monoisotopic (exact) mass is 486 g/mol. The molecule has 0 saturated heterocycles. The molecule has 2 rings (SSSR count). The van der Waals surface area contributed by atoms with Gasteiger partial charge in [0.15, 0.2) is 6.61 Å². The van der Waals surface area contributed by atoms with Crippen LogP contribution >= 0.6 is 34.2 Å². The molecule has 0 aliphatic heterocycles. The first-order valence-electron chi connectivity index (χ1n) is 8.15. The quantitative estimate of drug-likeness (QED) is 0.336. The standard InChI is InChI=1S/C19H20ClIN2O3/c1-3-13(2)26-17-9-8-14(10-15(17)20)11-22-23-19(24)12-25-18-7-5-4-6-16(18)21/h4-11,13H,3,12H2,1-2H3,(H,23,24)/b22-11+/t13-/m0/s1. The number of nitrogens with zero attached hydrogens (tertiary/aromatic N) is 1. The second kappa shape index (κ2) is 10.4. The largest absolute Gasteiger partial charge is 0.489 e. The number of rotatable bonds is 8. The van der Waals surface area contributed by atoms with Gasteiger partial charge in [-0.25, -0.2) is 5.43 Å². The number of amides is 1. The molecule has 5 nitrogen and oxygen atoms in total. The van der Waals surface area contributed by atoms with Crippen LogP contribution in [0.4, 0.5) is 0 Å². The predicted octanol–water partition coefficient (Wildman–Crippen LogP) is 4.65. The number of carbonyl (C=O) groups is 1. The third kappa shape index (κ3) is 6.49. The van der Waals surface area contributed by atoms with Gasteiger partial charge in [-0.2, -0.15) is 5.10 Å². The fourth-order valence-electron chi connectivity index (χ4n) is 1.91. The second-order valence-electron chi connectivity index (χ2n) is 5.54. The lowest BCUT2D eigenvalue weighted by molar-refractivity contribution is -0.123. The Hall–Kier alpha value is -1.80. The highest BCUT2D eigenvalue weighted by Crippen LogP contribution is 2.26. The summed E-state index contributed by atoms with van der Waals surface area (Å²) >= 11 is 8.36. The summed E-state index contributed by atoms with van der Waals surface area (Å²) in [6.07, 6.45) is 2.51. The molecule has 1 atom stereocenters. The Morgan fingerprint density at radius 2 is 2.08 bits per heavy atom. The van der Waals surface area contributed by atoms with Gasteiger partial charge in [0.2, 0.25) is 0 Å². The molecule has 138 valence electrons. The molecule has 0 bridgehead atoms. The fraction of sp³-hybridized carbons (Fsp3) is 0.263. The molecule has 26 heavy (non-hydrogen) atoms. The average molecular weight is 487 g/mol. The topological polar surface area (TPSA) is 59.9 Å². The Morgan fingerprint density at radius 1 is 1.31 bits per heavy atom. The van der Waals surface area contributed by atoms with E-state index in [1.165, 1.54) is 6.21 Å². The minimum Gasteiger partial charge on any atom is -0.489 e. The van der Waals surface area contributed by atoms with Crippen LogP contribution in [0.3, 0.4) is 0 Å². The molecule has 0 aliphatic rings. The van der Waals surface area contributed by atoms with Crippen LogP contribution in [0.15, 0.2) is 47.6 Å². The van der Waals surface area contributed by atoms with E-state index in [2.05, 4.69) is 33.1 Å². The highest BCUT2D eigenvalue weighted by molar-refractivity contribution is 14.1. The number of nitrogens with one attached hydrogen (secondary N) is 1. The van der Waals surface area contributed by atoms with Crippen LogP contribution in [0.25, 0.3) is 0 Å². The Kier molecular flexibility index (Phi) is 8.18. The van der Waals surface area contributed by atoms with Crippen LogP contribution in [0.2, 0.25) is 5.02 Å². The summed E-state index contributed by atoms with van der Waals surface area (Å²) in [6, 6.07) is 12.8. The van der Waals surface area contributed by atoms with Crippen LogP contribution in [0, 0.1) is 3.57 Å². The van der Waals surface area contributed by atoms with E-state index in [4.69, 9.17) is 21.1 Å². The Bertz CT molecular complexity index is 783. The molecule has 7 heteroatoms. The van der Waals surface area contributed by atoms with E-state index in [1.54, 1.807) is 12.1 Å². The van der Waals surface area contributed by atoms with E-state index >= 15 is 0 Å². The van der Waals surface area contributed by atoms with Gasteiger partial charge >= 0.3 is 0 Å². The molecular formula is C19H20ClIN2O3. The molecule has 0 radical (unpaired) electrons. The van der Waals surface area contributed by atoms with E-state index in [9.17, 15) is 4.79 Å². The summed E-state index contributed by atoms with van der Waals surface area (Å²) in [6.45, 7) is 3.92. The van der Waals surface area contributed by atoms with E-state index in [-0.39, 0.29) is 18.6 Å². The summed E-state index contributed by atoms with van der Waals surface area (Å²) < 4.78 is 12.1. The van der Waals surface area contributed by atoms with Gasteiger partial charge in [-0.05, 0) is 71.8 Å². The molecule has 1 amide bonds. The highest BCUT2D eigenvalue weighted by Gasteiger charge is 2.07. The summed E-state index contributed by atoms with van der Waals surface area (Å²) in [4.78, 5) is 11.8. The predicted molar refractivity (Wildman–Crippen MR) is 112 cm³/mol. The lowest BCUT2D eigenvalue weighted by Gasteiger charge is -2.13. The van der Waals surface area contributed by atoms with Gasteiger partial charge in [-0.3, -0.25) is 4.79 Å².